The Morgan fingerprint density at radius 1 is 1.04 bits per heavy atom. The molecule has 0 N–H and O–H groups in total. The third-order valence-electron chi connectivity index (χ3n) is 3.68. The highest BCUT2D eigenvalue weighted by Crippen LogP contribution is 2.43. The minimum atomic E-state index is -5.22. The first kappa shape index (κ1) is 18.1. The first-order valence-corrected chi connectivity index (χ1v) is 8.10. The van der Waals surface area contributed by atoms with E-state index in [1.165, 1.54) is 6.92 Å². The van der Waals surface area contributed by atoms with Crippen molar-refractivity contribution >= 4 is 10.0 Å². The van der Waals surface area contributed by atoms with Crippen molar-refractivity contribution in [1.82, 2.24) is 4.31 Å². The molecule has 3 nitrogen and oxygen atoms in total. The molecule has 0 amide bonds. The van der Waals surface area contributed by atoms with Gasteiger partial charge in [-0.1, -0.05) is 6.07 Å². The Labute approximate surface area is 128 Å². The van der Waals surface area contributed by atoms with E-state index in [9.17, 15) is 34.8 Å². The fourth-order valence-electron chi connectivity index (χ4n) is 2.64. The van der Waals surface area contributed by atoms with Crippen molar-refractivity contribution < 1.29 is 34.8 Å². The average Bonchev–Trinajstić information content (AvgIpc) is 2.83. The number of alkyl halides is 6. The maximum Gasteiger partial charge on any atom is 0.417 e. The lowest BCUT2D eigenvalue weighted by atomic mass is 10.1. The lowest BCUT2D eigenvalue weighted by Gasteiger charge is -2.25. The molecule has 1 aromatic carbocycles. The van der Waals surface area contributed by atoms with Crippen LogP contribution in [0.3, 0.4) is 0 Å². The fourth-order valence-corrected chi connectivity index (χ4v) is 4.75. The highest BCUT2D eigenvalue weighted by Gasteiger charge is 2.47. The minimum Gasteiger partial charge on any atom is -0.207 e. The molecule has 0 bridgehead atoms. The van der Waals surface area contributed by atoms with E-state index in [-0.39, 0.29) is 6.54 Å². The molecule has 130 valence electrons. The Morgan fingerprint density at radius 3 is 1.87 bits per heavy atom. The number of hydrogen-bond acceptors (Lipinski definition) is 2. The molecule has 1 saturated heterocycles. The summed E-state index contributed by atoms with van der Waals surface area (Å²) in [6.07, 6.45) is -9.66. The first-order valence-electron chi connectivity index (χ1n) is 6.66. The third kappa shape index (κ3) is 3.32. The lowest BCUT2D eigenvalue weighted by Crippen LogP contribution is -2.36. The van der Waals surface area contributed by atoms with Crippen LogP contribution in [0.25, 0.3) is 0 Å². The van der Waals surface area contributed by atoms with Gasteiger partial charge < -0.3 is 0 Å². The van der Waals surface area contributed by atoms with E-state index in [2.05, 4.69) is 0 Å². The summed E-state index contributed by atoms with van der Waals surface area (Å²) in [5.41, 5.74) is -3.60. The molecule has 1 aliphatic rings. The summed E-state index contributed by atoms with van der Waals surface area (Å²) in [6, 6.07) is 0.603. The second-order valence-corrected chi connectivity index (χ2v) is 7.11. The predicted molar refractivity (Wildman–Crippen MR) is 69.0 cm³/mol. The lowest BCUT2D eigenvalue weighted by molar-refractivity contribution is -0.147. The Bertz CT molecular complexity index is 663. The SMILES string of the molecule is CC1CCCN1S(=O)(=O)c1c(C(F)(F)F)cccc1C(F)(F)F. The van der Waals surface area contributed by atoms with Gasteiger partial charge in [-0.05, 0) is 31.9 Å². The number of sulfonamides is 1. The molecular formula is C13H13F6NO2S. The molecule has 23 heavy (non-hydrogen) atoms. The zero-order chi connectivity index (χ0) is 17.6. The zero-order valence-electron chi connectivity index (χ0n) is 11.9. The van der Waals surface area contributed by atoms with Gasteiger partial charge in [-0.3, -0.25) is 0 Å². The molecule has 1 aromatic rings. The molecule has 1 heterocycles. The summed E-state index contributed by atoms with van der Waals surface area (Å²) in [6.45, 7) is 1.35. The Hall–Kier alpha value is -1.29. The van der Waals surface area contributed by atoms with Gasteiger partial charge in [0.2, 0.25) is 10.0 Å². The van der Waals surface area contributed by atoms with Gasteiger partial charge in [0.15, 0.2) is 0 Å². The summed E-state index contributed by atoms with van der Waals surface area (Å²) >= 11 is 0. The van der Waals surface area contributed by atoms with Gasteiger partial charge in [-0.2, -0.15) is 30.6 Å². The van der Waals surface area contributed by atoms with Crippen LogP contribution in [0.2, 0.25) is 0 Å². The van der Waals surface area contributed by atoms with Crippen molar-refractivity contribution in [2.75, 3.05) is 6.54 Å². The Morgan fingerprint density at radius 2 is 1.52 bits per heavy atom. The van der Waals surface area contributed by atoms with Crippen LogP contribution in [0.5, 0.6) is 0 Å². The zero-order valence-corrected chi connectivity index (χ0v) is 12.7. The monoisotopic (exact) mass is 361 g/mol. The van der Waals surface area contributed by atoms with E-state index in [4.69, 9.17) is 0 Å². The Balaban J connectivity index is 2.78. The van der Waals surface area contributed by atoms with Crippen molar-refractivity contribution in [3.05, 3.63) is 29.3 Å². The smallest absolute Gasteiger partial charge is 0.207 e. The second-order valence-electron chi connectivity index (χ2n) is 5.28. The highest BCUT2D eigenvalue weighted by molar-refractivity contribution is 7.89. The van der Waals surface area contributed by atoms with Crippen LogP contribution in [0.1, 0.15) is 30.9 Å². The molecule has 0 radical (unpaired) electrons. The molecule has 0 saturated carbocycles. The highest BCUT2D eigenvalue weighted by atomic mass is 32.2. The number of nitrogens with zero attached hydrogens (tertiary/aromatic N) is 1. The number of rotatable bonds is 2. The van der Waals surface area contributed by atoms with Crippen molar-refractivity contribution in [2.24, 2.45) is 0 Å². The van der Waals surface area contributed by atoms with Gasteiger partial charge in [-0.25, -0.2) is 8.42 Å². The van der Waals surface area contributed by atoms with Gasteiger partial charge in [0.1, 0.15) is 4.90 Å². The van der Waals surface area contributed by atoms with Crippen molar-refractivity contribution in [3.63, 3.8) is 0 Å². The molecule has 1 aliphatic heterocycles. The standard InChI is InChI=1S/C13H13F6NO2S/c1-8-4-3-7-20(8)23(21,22)11-9(12(14,15)16)5-2-6-10(11)13(17,18)19/h2,5-6,8H,3-4,7H2,1H3. The molecule has 1 fully saturated rings. The summed E-state index contributed by atoms with van der Waals surface area (Å²) < 4.78 is 104. The molecule has 0 aromatic heterocycles. The van der Waals surface area contributed by atoms with Crippen LogP contribution in [0.15, 0.2) is 23.1 Å². The molecule has 1 atom stereocenters. The second kappa shape index (κ2) is 5.66. The average molecular weight is 361 g/mol. The van der Waals surface area contributed by atoms with E-state index in [0.29, 0.717) is 35.3 Å². The largest absolute Gasteiger partial charge is 0.417 e. The van der Waals surface area contributed by atoms with Gasteiger partial charge in [0, 0.05) is 12.6 Å². The normalized spacial score (nSPS) is 20.9. The van der Waals surface area contributed by atoms with Crippen LogP contribution in [0.4, 0.5) is 26.3 Å². The summed E-state index contributed by atoms with van der Waals surface area (Å²) in [7, 11) is -4.92. The van der Waals surface area contributed by atoms with Crippen LogP contribution in [-0.4, -0.2) is 25.3 Å². The quantitative estimate of drug-likeness (QED) is 0.750. The predicted octanol–water partition coefficient (Wildman–Crippen LogP) is 3.90. The van der Waals surface area contributed by atoms with Crippen molar-refractivity contribution in [1.29, 1.82) is 0 Å². The molecule has 10 heteroatoms. The summed E-state index contributed by atoms with van der Waals surface area (Å²) in [4.78, 5) is -1.71. The number of halogens is 6. The number of hydrogen-bond donors (Lipinski definition) is 0. The molecule has 2 rings (SSSR count). The van der Waals surface area contributed by atoms with Gasteiger partial charge in [0.25, 0.3) is 0 Å². The first-order chi connectivity index (χ1) is 10.4. The fraction of sp³-hybridized carbons (Fsp3) is 0.538. The van der Waals surface area contributed by atoms with Crippen molar-refractivity contribution in [3.8, 4) is 0 Å². The van der Waals surface area contributed by atoms with Gasteiger partial charge in [-0.15, -0.1) is 0 Å². The van der Waals surface area contributed by atoms with Crippen LogP contribution < -0.4 is 0 Å². The van der Waals surface area contributed by atoms with E-state index < -0.39 is 44.4 Å². The van der Waals surface area contributed by atoms with E-state index in [1.54, 1.807) is 0 Å². The number of benzene rings is 1. The van der Waals surface area contributed by atoms with Crippen LogP contribution in [0, 0.1) is 0 Å². The maximum atomic E-state index is 13.1. The third-order valence-corrected chi connectivity index (χ3v) is 5.80. The minimum absolute atomic E-state index is 0.104. The van der Waals surface area contributed by atoms with Gasteiger partial charge >= 0.3 is 12.4 Å². The molecule has 1 unspecified atom stereocenters. The van der Waals surface area contributed by atoms with Gasteiger partial charge in [0.05, 0.1) is 11.1 Å². The Kier molecular flexibility index (Phi) is 4.44. The van der Waals surface area contributed by atoms with Crippen molar-refractivity contribution in [2.45, 2.75) is 43.1 Å². The van der Waals surface area contributed by atoms with Crippen LogP contribution >= 0.6 is 0 Å². The van der Waals surface area contributed by atoms with E-state index >= 15 is 0 Å². The molecule has 0 aliphatic carbocycles. The summed E-state index contributed by atoms with van der Waals surface area (Å²) in [5.74, 6) is 0. The van der Waals surface area contributed by atoms with E-state index in [0.717, 1.165) is 0 Å². The maximum absolute atomic E-state index is 13.1. The molecular weight excluding hydrogens is 348 g/mol. The molecule has 0 spiro atoms. The summed E-state index contributed by atoms with van der Waals surface area (Å²) in [5, 5.41) is 0. The van der Waals surface area contributed by atoms with Crippen LogP contribution in [-0.2, 0) is 22.4 Å². The van der Waals surface area contributed by atoms with E-state index in [1.807, 2.05) is 0 Å². The topological polar surface area (TPSA) is 37.4 Å².